The zero-order valence-corrected chi connectivity index (χ0v) is 11.0. The fourth-order valence-corrected chi connectivity index (χ4v) is 1.92. The van der Waals surface area contributed by atoms with Crippen LogP contribution in [-0.4, -0.2) is 17.6 Å². The predicted molar refractivity (Wildman–Crippen MR) is 61.9 cm³/mol. The number of hydrogen-bond donors (Lipinski definition) is 0. The molecule has 0 aliphatic heterocycles. The van der Waals surface area contributed by atoms with Crippen LogP contribution in [-0.2, 0) is 16.0 Å². The summed E-state index contributed by atoms with van der Waals surface area (Å²) in [6.07, 6.45) is -2.09. The fourth-order valence-electron chi connectivity index (χ4n) is 1.41. The Morgan fingerprint density at radius 2 is 2.33 bits per heavy atom. The SMILES string of the molecule is CCOC(=O)Cc1c(C#N)ncc(Br)c1C(F)F. The third-order valence-corrected chi connectivity index (χ3v) is 2.76. The van der Waals surface area contributed by atoms with Crippen LogP contribution in [0.15, 0.2) is 10.7 Å². The maximum atomic E-state index is 12.9. The molecule has 0 aliphatic carbocycles. The van der Waals surface area contributed by atoms with Crippen molar-refractivity contribution in [2.75, 3.05) is 6.61 Å². The van der Waals surface area contributed by atoms with Crippen molar-refractivity contribution >= 4 is 21.9 Å². The van der Waals surface area contributed by atoms with E-state index in [0.717, 1.165) is 6.20 Å². The monoisotopic (exact) mass is 318 g/mol. The van der Waals surface area contributed by atoms with Gasteiger partial charge in [0.1, 0.15) is 11.8 Å². The van der Waals surface area contributed by atoms with E-state index in [2.05, 4.69) is 25.7 Å². The number of esters is 1. The number of aromatic nitrogens is 1. The number of ether oxygens (including phenoxy) is 1. The van der Waals surface area contributed by atoms with Gasteiger partial charge in [-0.25, -0.2) is 13.8 Å². The zero-order valence-electron chi connectivity index (χ0n) is 9.41. The van der Waals surface area contributed by atoms with Gasteiger partial charge in [-0.2, -0.15) is 5.26 Å². The third-order valence-electron chi connectivity index (χ3n) is 2.13. The number of carbonyl (C=O) groups excluding carboxylic acids is 1. The molecule has 0 unspecified atom stereocenters. The molecule has 0 saturated carbocycles. The van der Waals surface area contributed by atoms with Crippen molar-refractivity contribution in [1.29, 1.82) is 5.26 Å². The van der Waals surface area contributed by atoms with E-state index in [9.17, 15) is 13.6 Å². The quantitative estimate of drug-likeness (QED) is 0.801. The van der Waals surface area contributed by atoms with Gasteiger partial charge in [0.25, 0.3) is 6.43 Å². The number of carbonyl (C=O) groups is 1. The van der Waals surface area contributed by atoms with Crippen molar-refractivity contribution in [2.45, 2.75) is 19.8 Å². The Bertz CT molecular complexity index is 501. The molecule has 0 fully saturated rings. The molecule has 1 rings (SSSR count). The lowest BCUT2D eigenvalue weighted by atomic mass is 10.0. The number of rotatable bonds is 4. The van der Waals surface area contributed by atoms with Gasteiger partial charge in [-0.3, -0.25) is 4.79 Å². The zero-order chi connectivity index (χ0) is 13.7. The van der Waals surface area contributed by atoms with E-state index in [1.807, 2.05) is 0 Å². The Kier molecular flexibility index (Phi) is 5.16. The van der Waals surface area contributed by atoms with Crippen LogP contribution < -0.4 is 0 Å². The van der Waals surface area contributed by atoms with Gasteiger partial charge in [-0.05, 0) is 22.9 Å². The molecule has 0 N–H and O–H groups in total. The smallest absolute Gasteiger partial charge is 0.310 e. The number of nitriles is 1. The molecule has 0 aliphatic rings. The standard InChI is InChI=1S/C11H9BrF2N2O2/c1-2-18-9(17)3-6-8(4-15)16-5-7(12)10(6)11(13)14/h5,11H,2-3H2,1H3. The topological polar surface area (TPSA) is 63.0 Å². The first-order chi connectivity index (χ1) is 8.51. The highest BCUT2D eigenvalue weighted by Gasteiger charge is 2.23. The van der Waals surface area contributed by atoms with Crippen LogP contribution in [0.4, 0.5) is 8.78 Å². The molecule has 0 amide bonds. The summed E-state index contributed by atoms with van der Waals surface area (Å²) in [5.41, 5.74) is -0.684. The lowest BCUT2D eigenvalue weighted by molar-refractivity contribution is -0.142. The molecule has 0 radical (unpaired) electrons. The van der Waals surface area contributed by atoms with Gasteiger partial charge in [0.05, 0.1) is 13.0 Å². The number of alkyl halides is 2. The van der Waals surface area contributed by atoms with Gasteiger partial charge in [0.2, 0.25) is 0 Å². The predicted octanol–water partition coefficient (Wildman–Crippen LogP) is 2.76. The van der Waals surface area contributed by atoms with Gasteiger partial charge in [0.15, 0.2) is 0 Å². The van der Waals surface area contributed by atoms with Crippen molar-refractivity contribution in [2.24, 2.45) is 0 Å². The third kappa shape index (κ3) is 3.23. The molecule has 96 valence electrons. The van der Waals surface area contributed by atoms with Crippen molar-refractivity contribution in [3.63, 3.8) is 0 Å². The molecule has 0 aromatic carbocycles. The van der Waals surface area contributed by atoms with Crippen LogP contribution in [0.3, 0.4) is 0 Å². The summed E-state index contributed by atoms with van der Waals surface area (Å²) in [5, 5.41) is 8.83. The minimum Gasteiger partial charge on any atom is -0.466 e. The average molecular weight is 319 g/mol. The molecule has 4 nitrogen and oxygen atoms in total. The molecule has 0 atom stereocenters. The number of hydrogen-bond acceptors (Lipinski definition) is 4. The van der Waals surface area contributed by atoms with E-state index in [1.165, 1.54) is 0 Å². The molecule has 0 saturated heterocycles. The van der Waals surface area contributed by atoms with Crippen molar-refractivity contribution in [1.82, 2.24) is 4.98 Å². The summed E-state index contributed by atoms with van der Waals surface area (Å²) in [4.78, 5) is 15.1. The highest BCUT2D eigenvalue weighted by molar-refractivity contribution is 9.10. The van der Waals surface area contributed by atoms with Crippen LogP contribution in [0.25, 0.3) is 0 Å². The second-order valence-corrected chi connectivity index (χ2v) is 4.10. The second-order valence-electron chi connectivity index (χ2n) is 3.24. The van der Waals surface area contributed by atoms with Gasteiger partial charge in [-0.15, -0.1) is 0 Å². The normalized spacial score (nSPS) is 10.2. The lowest BCUT2D eigenvalue weighted by Crippen LogP contribution is -2.12. The molecule has 0 bridgehead atoms. The van der Waals surface area contributed by atoms with Crippen LogP contribution in [0.1, 0.15) is 30.2 Å². The molecule has 1 aromatic rings. The van der Waals surface area contributed by atoms with Gasteiger partial charge >= 0.3 is 5.97 Å². The molecule has 18 heavy (non-hydrogen) atoms. The van der Waals surface area contributed by atoms with Gasteiger partial charge < -0.3 is 4.74 Å². The van der Waals surface area contributed by atoms with Crippen LogP contribution >= 0.6 is 15.9 Å². The Labute approximate surface area is 111 Å². The van der Waals surface area contributed by atoms with Crippen LogP contribution in [0.2, 0.25) is 0 Å². The molecular formula is C11H9BrF2N2O2. The van der Waals surface area contributed by atoms with E-state index in [1.54, 1.807) is 13.0 Å². The van der Waals surface area contributed by atoms with Crippen molar-refractivity contribution in [3.05, 3.63) is 27.5 Å². The van der Waals surface area contributed by atoms with Crippen molar-refractivity contribution in [3.8, 4) is 6.07 Å². The van der Waals surface area contributed by atoms with E-state index in [4.69, 9.17) is 5.26 Å². The summed E-state index contributed by atoms with van der Waals surface area (Å²) in [6.45, 7) is 1.75. The van der Waals surface area contributed by atoms with Crippen LogP contribution in [0.5, 0.6) is 0 Å². The van der Waals surface area contributed by atoms with E-state index >= 15 is 0 Å². The highest BCUT2D eigenvalue weighted by atomic mass is 79.9. The van der Waals surface area contributed by atoms with E-state index in [0.29, 0.717) is 0 Å². The second kappa shape index (κ2) is 6.40. The Hall–Kier alpha value is -1.55. The maximum Gasteiger partial charge on any atom is 0.310 e. The first kappa shape index (κ1) is 14.5. The van der Waals surface area contributed by atoms with Crippen LogP contribution in [0, 0.1) is 11.3 Å². The average Bonchev–Trinajstić information content (AvgIpc) is 2.29. The summed E-state index contributed by atoms with van der Waals surface area (Å²) in [7, 11) is 0. The number of halogens is 3. The Balaban J connectivity index is 3.25. The molecular weight excluding hydrogens is 310 g/mol. The molecule has 7 heteroatoms. The van der Waals surface area contributed by atoms with Gasteiger partial charge in [-0.1, -0.05) is 0 Å². The van der Waals surface area contributed by atoms with E-state index in [-0.39, 0.29) is 22.3 Å². The first-order valence-corrected chi connectivity index (χ1v) is 5.81. The summed E-state index contributed by atoms with van der Waals surface area (Å²) in [5.74, 6) is -0.671. The first-order valence-electron chi connectivity index (χ1n) is 5.02. The van der Waals surface area contributed by atoms with Crippen molar-refractivity contribution < 1.29 is 18.3 Å². The summed E-state index contributed by atoms with van der Waals surface area (Å²) >= 11 is 2.94. The van der Waals surface area contributed by atoms with E-state index < -0.39 is 24.4 Å². The molecule has 1 heterocycles. The Morgan fingerprint density at radius 3 is 2.83 bits per heavy atom. The highest BCUT2D eigenvalue weighted by Crippen LogP contribution is 2.31. The minimum absolute atomic E-state index is 0.0656. The minimum atomic E-state index is -2.81. The summed E-state index contributed by atoms with van der Waals surface area (Å²) < 4.78 is 30.6. The number of nitrogens with zero attached hydrogens (tertiary/aromatic N) is 2. The molecule has 0 spiro atoms. The summed E-state index contributed by atoms with van der Waals surface area (Å²) in [6, 6.07) is 1.69. The lowest BCUT2D eigenvalue weighted by Gasteiger charge is -2.11. The Morgan fingerprint density at radius 1 is 1.67 bits per heavy atom. The number of pyridine rings is 1. The largest absolute Gasteiger partial charge is 0.466 e. The molecule has 1 aromatic heterocycles. The fraction of sp³-hybridized carbons (Fsp3) is 0.364. The van der Waals surface area contributed by atoms with Gasteiger partial charge in [0, 0.05) is 21.8 Å². The maximum absolute atomic E-state index is 12.9.